The van der Waals surface area contributed by atoms with E-state index >= 15 is 0 Å². The van der Waals surface area contributed by atoms with Crippen LogP contribution in [-0.2, 0) is 6.54 Å². The van der Waals surface area contributed by atoms with Crippen LogP contribution in [0.1, 0.15) is 21.2 Å². The molecular weight excluding hydrogens is 278 g/mol. The van der Waals surface area contributed by atoms with E-state index < -0.39 is 5.97 Å². The van der Waals surface area contributed by atoms with Crippen molar-refractivity contribution in [2.24, 2.45) is 0 Å². The Morgan fingerprint density at radius 1 is 1.45 bits per heavy atom. The van der Waals surface area contributed by atoms with E-state index in [0.717, 1.165) is 15.1 Å². The maximum atomic E-state index is 10.7. The Labute approximate surface area is 118 Å². The summed E-state index contributed by atoms with van der Waals surface area (Å²) in [6.45, 7) is 2.39. The predicted molar refractivity (Wildman–Crippen MR) is 75.1 cm³/mol. The Morgan fingerprint density at radius 3 is 3.05 bits per heavy atom. The van der Waals surface area contributed by atoms with Gasteiger partial charge in [-0.15, -0.1) is 11.3 Å². The van der Waals surface area contributed by atoms with Gasteiger partial charge in [-0.2, -0.15) is 0 Å². The van der Waals surface area contributed by atoms with E-state index in [-0.39, 0.29) is 5.76 Å². The molecule has 0 bridgehead atoms. The monoisotopic (exact) mass is 289 g/mol. The minimum absolute atomic E-state index is 0.0685. The second-order valence-corrected chi connectivity index (χ2v) is 5.46. The number of anilines is 1. The molecule has 0 radical (unpaired) electrons. The van der Waals surface area contributed by atoms with Gasteiger partial charge in [-0.25, -0.2) is 14.8 Å². The van der Waals surface area contributed by atoms with Crippen LogP contribution in [-0.4, -0.2) is 21.0 Å². The molecule has 3 aromatic rings. The maximum absolute atomic E-state index is 10.7. The lowest BCUT2D eigenvalue weighted by Crippen LogP contribution is -2.01. The highest BCUT2D eigenvalue weighted by Gasteiger charge is 2.10. The molecule has 0 saturated carbocycles. The molecule has 0 aliphatic carbocycles. The summed E-state index contributed by atoms with van der Waals surface area (Å²) in [5.74, 6) is 0.115. The van der Waals surface area contributed by atoms with E-state index in [1.54, 1.807) is 17.4 Å². The summed E-state index contributed by atoms with van der Waals surface area (Å²) in [6.07, 6.45) is 1.51. The van der Waals surface area contributed by atoms with Gasteiger partial charge in [0.25, 0.3) is 0 Å². The van der Waals surface area contributed by atoms with Crippen molar-refractivity contribution in [2.75, 3.05) is 5.32 Å². The Bertz CT molecular complexity index is 778. The van der Waals surface area contributed by atoms with Gasteiger partial charge in [-0.05, 0) is 25.1 Å². The zero-order valence-corrected chi connectivity index (χ0v) is 11.4. The number of rotatable bonds is 4. The number of aromatic carboxylic acids is 1. The van der Waals surface area contributed by atoms with Gasteiger partial charge < -0.3 is 14.8 Å². The molecule has 2 N–H and O–H groups in total. The van der Waals surface area contributed by atoms with Crippen molar-refractivity contribution < 1.29 is 14.3 Å². The minimum Gasteiger partial charge on any atom is -0.475 e. The molecule has 0 atom stereocenters. The zero-order chi connectivity index (χ0) is 14.1. The van der Waals surface area contributed by atoms with E-state index in [9.17, 15) is 4.79 Å². The minimum atomic E-state index is -1.07. The number of furan rings is 1. The van der Waals surface area contributed by atoms with Crippen LogP contribution in [0.25, 0.3) is 10.2 Å². The number of carboxylic acid groups (broad SMARTS) is 1. The third-order valence-electron chi connectivity index (χ3n) is 2.76. The lowest BCUT2D eigenvalue weighted by molar-refractivity contribution is 0.0660. The molecule has 3 heterocycles. The van der Waals surface area contributed by atoms with Crippen molar-refractivity contribution in [1.82, 2.24) is 9.97 Å². The average molecular weight is 289 g/mol. The lowest BCUT2D eigenvalue weighted by atomic mass is 10.3. The molecule has 0 amide bonds. The highest BCUT2D eigenvalue weighted by Crippen LogP contribution is 2.27. The van der Waals surface area contributed by atoms with Gasteiger partial charge in [0.15, 0.2) is 0 Å². The second-order valence-electron chi connectivity index (χ2n) is 4.22. The number of aromatic nitrogens is 2. The Morgan fingerprint density at radius 2 is 2.30 bits per heavy atom. The molecule has 3 aromatic heterocycles. The molecular formula is C13H11N3O3S. The summed E-state index contributed by atoms with van der Waals surface area (Å²) in [4.78, 5) is 21.2. The van der Waals surface area contributed by atoms with E-state index in [4.69, 9.17) is 9.52 Å². The van der Waals surface area contributed by atoms with Crippen molar-refractivity contribution in [3.63, 3.8) is 0 Å². The summed E-state index contributed by atoms with van der Waals surface area (Å²) in [7, 11) is 0. The first-order chi connectivity index (χ1) is 9.63. The van der Waals surface area contributed by atoms with Crippen LogP contribution in [0, 0.1) is 6.92 Å². The lowest BCUT2D eigenvalue weighted by Gasteiger charge is -2.03. The van der Waals surface area contributed by atoms with Crippen molar-refractivity contribution in [1.29, 1.82) is 0 Å². The summed E-state index contributed by atoms with van der Waals surface area (Å²) >= 11 is 1.60. The van der Waals surface area contributed by atoms with Crippen molar-refractivity contribution in [2.45, 2.75) is 13.5 Å². The molecule has 7 heteroatoms. The van der Waals surface area contributed by atoms with Crippen molar-refractivity contribution in [3.05, 3.63) is 40.9 Å². The van der Waals surface area contributed by atoms with Gasteiger partial charge >= 0.3 is 5.97 Å². The van der Waals surface area contributed by atoms with Crippen molar-refractivity contribution in [3.8, 4) is 0 Å². The van der Waals surface area contributed by atoms with Gasteiger partial charge in [0, 0.05) is 4.88 Å². The van der Waals surface area contributed by atoms with Crippen molar-refractivity contribution >= 4 is 33.3 Å². The van der Waals surface area contributed by atoms with E-state index in [1.807, 2.05) is 13.0 Å². The summed E-state index contributed by atoms with van der Waals surface area (Å²) in [5.41, 5.74) is 0. The second kappa shape index (κ2) is 4.93. The number of nitrogens with one attached hydrogen (secondary N) is 1. The fraction of sp³-hybridized carbons (Fsp3) is 0.154. The molecule has 0 saturated heterocycles. The number of nitrogens with zero attached hydrogens (tertiary/aromatic N) is 2. The molecule has 20 heavy (non-hydrogen) atoms. The van der Waals surface area contributed by atoms with Crippen LogP contribution in [0.15, 0.2) is 28.9 Å². The topological polar surface area (TPSA) is 88.2 Å². The number of carbonyl (C=O) groups is 1. The molecule has 6 nitrogen and oxygen atoms in total. The van der Waals surface area contributed by atoms with Crippen LogP contribution in [0.4, 0.5) is 5.82 Å². The number of fused-ring (bicyclic) bond motifs is 1. The highest BCUT2D eigenvalue weighted by atomic mass is 32.1. The zero-order valence-electron chi connectivity index (χ0n) is 10.6. The molecule has 0 unspecified atom stereocenters. The Hall–Kier alpha value is -2.41. The third-order valence-corrected chi connectivity index (χ3v) is 3.71. The first kappa shape index (κ1) is 12.6. The Kier molecular flexibility index (Phi) is 3.11. The van der Waals surface area contributed by atoms with Crippen LogP contribution in [0.2, 0.25) is 0 Å². The largest absolute Gasteiger partial charge is 0.475 e. The molecule has 0 aliphatic heterocycles. The van der Waals surface area contributed by atoms with Gasteiger partial charge in [-0.3, -0.25) is 0 Å². The van der Waals surface area contributed by atoms with E-state index in [0.29, 0.717) is 18.1 Å². The fourth-order valence-corrected chi connectivity index (χ4v) is 2.72. The number of hydrogen-bond donors (Lipinski definition) is 2. The fourth-order valence-electron chi connectivity index (χ4n) is 1.88. The summed E-state index contributed by atoms with van der Waals surface area (Å²) in [6, 6.07) is 5.09. The normalized spacial score (nSPS) is 10.8. The maximum Gasteiger partial charge on any atom is 0.371 e. The van der Waals surface area contributed by atoms with Crippen LogP contribution < -0.4 is 5.32 Å². The van der Waals surface area contributed by atoms with E-state index in [1.165, 1.54) is 12.4 Å². The number of carboxylic acids is 1. The van der Waals surface area contributed by atoms with E-state index in [2.05, 4.69) is 15.3 Å². The first-order valence-corrected chi connectivity index (χ1v) is 6.72. The third kappa shape index (κ3) is 2.35. The molecule has 102 valence electrons. The van der Waals surface area contributed by atoms with Gasteiger partial charge in [0.2, 0.25) is 5.76 Å². The SMILES string of the molecule is Cc1cc2c(NCc3ccc(C(=O)O)o3)ncnc2s1. The van der Waals surface area contributed by atoms with Gasteiger partial charge in [-0.1, -0.05) is 0 Å². The smallest absolute Gasteiger partial charge is 0.371 e. The molecule has 0 aliphatic rings. The molecule has 3 rings (SSSR count). The predicted octanol–water partition coefficient (Wildman–Crippen LogP) is 2.90. The number of hydrogen-bond acceptors (Lipinski definition) is 6. The average Bonchev–Trinajstić information content (AvgIpc) is 3.01. The van der Waals surface area contributed by atoms with Crippen LogP contribution in [0.5, 0.6) is 0 Å². The quantitative estimate of drug-likeness (QED) is 0.767. The summed E-state index contributed by atoms with van der Waals surface area (Å²) < 4.78 is 5.18. The molecule has 0 aromatic carbocycles. The first-order valence-electron chi connectivity index (χ1n) is 5.90. The van der Waals surface area contributed by atoms with Gasteiger partial charge in [0.1, 0.15) is 22.7 Å². The molecule has 0 spiro atoms. The van der Waals surface area contributed by atoms with Gasteiger partial charge in [0.05, 0.1) is 11.9 Å². The molecule has 0 fully saturated rings. The number of thiophene rings is 1. The van der Waals surface area contributed by atoms with Crippen LogP contribution >= 0.6 is 11.3 Å². The summed E-state index contributed by atoms with van der Waals surface area (Å²) in [5, 5.41) is 12.9. The number of aryl methyl sites for hydroxylation is 1. The Balaban J connectivity index is 1.81. The standard InChI is InChI=1S/C13H11N3O3S/c1-7-4-9-11(15-6-16-12(9)20-7)14-5-8-2-3-10(19-8)13(17)18/h2-4,6H,5H2,1H3,(H,17,18)(H,14,15,16). The van der Waals surface area contributed by atoms with Crippen LogP contribution in [0.3, 0.4) is 0 Å². The highest BCUT2D eigenvalue weighted by molar-refractivity contribution is 7.18.